The van der Waals surface area contributed by atoms with Crippen molar-refractivity contribution < 1.29 is 18.9 Å². The van der Waals surface area contributed by atoms with Gasteiger partial charge >= 0.3 is 5.97 Å². The molecule has 0 saturated heterocycles. The Balaban J connectivity index is 1.76. The van der Waals surface area contributed by atoms with E-state index in [1.165, 1.54) is 12.1 Å². The zero-order chi connectivity index (χ0) is 25.2. The van der Waals surface area contributed by atoms with E-state index < -0.39 is 10.9 Å². The summed E-state index contributed by atoms with van der Waals surface area (Å²) in [7, 11) is 0. The molecule has 0 fully saturated rings. The van der Waals surface area contributed by atoms with Crippen LogP contribution in [0, 0.1) is 10.1 Å². The van der Waals surface area contributed by atoms with E-state index in [0.29, 0.717) is 22.1 Å². The van der Waals surface area contributed by atoms with Crippen LogP contribution in [0.2, 0.25) is 5.02 Å². The molecule has 0 amide bonds. The molecule has 36 heavy (non-hydrogen) atoms. The molecule has 2 heterocycles. The standard InChI is InChI=1S/C28H21ClN2O5/c1-2-35-28(32)23-16-24-26(30(23)17-18-8-14-22(15-9-18)31(33)34)25(19-10-12-21(29)13-11-19)27(36-24)20-6-4-3-5-7-20/h3-16H,2,17H2,1H3. The first kappa shape index (κ1) is 23.4. The highest BCUT2D eigenvalue weighted by Gasteiger charge is 2.26. The number of carbonyl (C=O) groups excluding carboxylic acids is 1. The van der Waals surface area contributed by atoms with Gasteiger partial charge in [0.1, 0.15) is 11.5 Å². The van der Waals surface area contributed by atoms with Crippen LogP contribution in [0.5, 0.6) is 0 Å². The van der Waals surface area contributed by atoms with Gasteiger partial charge in [0.15, 0.2) is 5.58 Å². The smallest absolute Gasteiger partial charge is 0.355 e. The second kappa shape index (κ2) is 9.71. The summed E-state index contributed by atoms with van der Waals surface area (Å²) in [6, 6.07) is 25.1. The Morgan fingerprint density at radius 2 is 1.69 bits per heavy atom. The molecule has 0 N–H and O–H groups in total. The van der Waals surface area contributed by atoms with Gasteiger partial charge in [0.2, 0.25) is 0 Å². The van der Waals surface area contributed by atoms with Gasteiger partial charge in [-0.3, -0.25) is 10.1 Å². The topological polar surface area (TPSA) is 87.5 Å². The molecule has 0 saturated carbocycles. The van der Waals surface area contributed by atoms with Gasteiger partial charge < -0.3 is 13.7 Å². The van der Waals surface area contributed by atoms with Crippen molar-refractivity contribution in [2.45, 2.75) is 13.5 Å². The third-order valence-electron chi connectivity index (χ3n) is 5.88. The average molecular weight is 501 g/mol. The van der Waals surface area contributed by atoms with Crippen LogP contribution in [-0.2, 0) is 11.3 Å². The second-order valence-corrected chi connectivity index (χ2v) is 8.59. The lowest BCUT2D eigenvalue weighted by Crippen LogP contribution is -2.13. The minimum absolute atomic E-state index is 0.00134. The zero-order valence-electron chi connectivity index (χ0n) is 19.3. The molecule has 5 aromatic rings. The molecular weight excluding hydrogens is 480 g/mol. The highest BCUT2D eigenvalue weighted by molar-refractivity contribution is 6.30. The maximum atomic E-state index is 12.9. The lowest BCUT2D eigenvalue weighted by Gasteiger charge is -2.12. The molecule has 0 aliphatic carbocycles. The fourth-order valence-electron chi connectivity index (χ4n) is 4.25. The number of esters is 1. The fraction of sp³-hybridized carbons (Fsp3) is 0.107. The largest absolute Gasteiger partial charge is 0.461 e. The normalized spacial score (nSPS) is 11.1. The predicted octanol–water partition coefficient (Wildman–Crippen LogP) is 7.35. The van der Waals surface area contributed by atoms with Crippen molar-refractivity contribution in [3.63, 3.8) is 0 Å². The minimum Gasteiger partial charge on any atom is -0.461 e. The molecule has 2 aromatic heterocycles. The molecule has 0 radical (unpaired) electrons. The summed E-state index contributed by atoms with van der Waals surface area (Å²) in [6.07, 6.45) is 0. The summed E-state index contributed by atoms with van der Waals surface area (Å²) in [5, 5.41) is 11.7. The molecule has 0 atom stereocenters. The van der Waals surface area contributed by atoms with Crippen LogP contribution in [0.25, 0.3) is 33.6 Å². The Labute approximate surface area is 211 Å². The second-order valence-electron chi connectivity index (χ2n) is 8.15. The molecule has 0 unspecified atom stereocenters. The molecule has 0 aliphatic heterocycles. The van der Waals surface area contributed by atoms with Crippen LogP contribution in [-0.4, -0.2) is 22.1 Å². The lowest BCUT2D eigenvalue weighted by molar-refractivity contribution is -0.384. The number of hydrogen-bond acceptors (Lipinski definition) is 5. The van der Waals surface area contributed by atoms with Gasteiger partial charge in [-0.1, -0.05) is 66.2 Å². The SMILES string of the molecule is CCOC(=O)c1cc2oc(-c3ccccc3)c(-c3ccc(Cl)cc3)c2n1Cc1ccc([N+](=O)[O-])cc1. The van der Waals surface area contributed by atoms with Crippen molar-refractivity contribution in [3.05, 3.63) is 111 Å². The van der Waals surface area contributed by atoms with E-state index in [4.69, 9.17) is 20.8 Å². The van der Waals surface area contributed by atoms with E-state index in [1.807, 2.05) is 47.0 Å². The Kier molecular flexibility index (Phi) is 6.31. The van der Waals surface area contributed by atoms with Crippen LogP contribution in [0.4, 0.5) is 5.69 Å². The number of furan rings is 1. The number of fused-ring (bicyclic) bond motifs is 1. The van der Waals surface area contributed by atoms with E-state index in [1.54, 1.807) is 37.3 Å². The Bertz CT molecular complexity index is 1550. The van der Waals surface area contributed by atoms with Gasteiger partial charge in [0.05, 0.1) is 22.6 Å². The first-order valence-electron chi connectivity index (χ1n) is 11.3. The number of halogens is 1. The first-order valence-corrected chi connectivity index (χ1v) is 11.7. The van der Waals surface area contributed by atoms with Crippen molar-refractivity contribution in [3.8, 4) is 22.5 Å². The van der Waals surface area contributed by atoms with Gasteiger partial charge in [0.25, 0.3) is 5.69 Å². The van der Waals surface area contributed by atoms with Gasteiger partial charge in [-0.2, -0.15) is 0 Å². The quantitative estimate of drug-likeness (QED) is 0.132. The highest BCUT2D eigenvalue weighted by atomic mass is 35.5. The molecule has 5 rings (SSSR count). The first-order chi connectivity index (χ1) is 17.5. The summed E-state index contributed by atoms with van der Waals surface area (Å²) in [5.74, 6) is 0.185. The Hall–Kier alpha value is -4.36. The predicted molar refractivity (Wildman–Crippen MR) is 138 cm³/mol. The third kappa shape index (κ3) is 4.36. The third-order valence-corrected chi connectivity index (χ3v) is 6.13. The number of nitro benzene ring substituents is 1. The number of benzene rings is 3. The van der Waals surface area contributed by atoms with E-state index in [0.717, 1.165) is 27.8 Å². The van der Waals surface area contributed by atoms with Crippen LogP contribution >= 0.6 is 11.6 Å². The van der Waals surface area contributed by atoms with Crippen LogP contribution in [0.15, 0.2) is 89.3 Å². The number of ether oxygens (including phenoxy) is 1. The van der Waals surface area contributed by atoms with E-state index in [2.05, 4.69) is 0 Å². The molecule has 8 heteroatoms. The number of rotatable bonds is 7. The number of carbonyl (C=O) groups is 1. The van der Waals surface area contributed by atoms with Gasteiger partial charge in [-0.25, -0.2) is 4.79 Å². The fourth-order valence-corrected chi connectivity index (χ4v) is 4.38. The number of hydrogen-bond donors (Lipinski definition) is 0. The van der Waals surface area contributed by atoms with Gasteiger partial charge in [-0.15, -0.1) is 0 Å². The minimum atomic E-state index is -0.478. The Morgan fingerprint density at radius 3 is 2.33 bits per heavy atom. The van der Waals surface area contributed by atoms with Crippen molar-refractivity contribution in [1.82, 2.24) is 4.57 Å². The summed E-state index contributed by atoms with van der Waals surface area (Å²) in [6.45, 7) is 2.25. The van der Waals surface area contributed by atoms with Crippen molar-refractivity contribution in [2.75, 3.05) is 6.61 Å². The monoisotopic (exact) mass is 500 g/mol. The molecule has 0 bridgehead atoms. The summed E-state index contributed by atoms with van der Waals surface area (Å²) < 4.78 is 13.5. The van der Waals surface area contributed by atoms with Gasteiger partial charge in [-0.05, 0) is 30.2 Å². The number of non-ortho nitro benzene ring substituents is 1. The number of nitrogens with zero attached hydrogens (tertiary/aromatic N) is 2. The zero-order valence-corrected chi connectivity index (χ0v) is 20.1. The molecule has 0 spiro atoms. The molecule has 3 aromatic carbocycles. The maximum Gasteiger partial charge on any atom is 0.355 e. The maximum absolute atomic E-state index is 12.9. The van der Waals surface area contributed by atoms with Crippen LogP contribution in [0.3, 0.4) is 0 Å². The van der Waals surface area contributed by atoms with Crippen LogP contribution in [0.1, 0.15) is 23.0 Å². The van der Waals surface area contributed by atoms with Crippen molar-refractivity contribution in [1.29, 1.82) is 0 Å². The number of aromatic nitrogens is 1. The number of nitro groups is 1. The molecular formula is C28H21ClN2O5. The van der Waals surface area contributed by atoms with Crippen LogP contribution < -0.4 is 0 Å². The average Bonchev–Trinajstić information content (AvgIpc) is 3.43. The lowest BCUT2D eigenvalue weighted by atomic mass is 10.0. The van der Waals surface area contributed by atoms with E-state index in [-0.39, 0.29) is 18.8 Å². The van der Waals surface area contributed by atoms with Crippen molar-refractivity contribution in [2.24, 2.45) is 0 Å². The van der Waals surface area contributed by atoms with Crippen molar-refractivity contribution >= 4 is 34.4 Å². The summed E-state index contributed by atoms with van der Waals surface area (Å²) in [4.78, 5) is 23.6. The van der Waals surface area contributed by atoms with E-state index in [9.17, 15) is 14.9 Å². The van der Waals surface area contributed by atoms with E-state index >= 15 is 0 Å². The highest BCUT2D eigenvalue weighted by Crippen LogP contribution is 2.43. The Morgan fingerprint density at radius 1 is 1.00 bits per heavy atom. The molecule has 0 aliphatic rings. The van der Waals surface area contributed by atoms with Gasteiger partial charge in [0, 0.05) is 35.3 Å². The molecule has 7 nitrogen and oxygen atoms in total. The molecule has 180 valence electrons. The summed E-state index contributed by atoms with van der Waals surface area (Å²) >= 11 is 6.16. The summed E-state index contributed by atoms with van der Waals surface area (Å²) in [5.41, 5.74) is 4.94.